The second-order valence-electron chi connectivity index (χ2n) is 4.55. The standard InChI is InChI=1S/C11H23N3/c1-9(2)14(8-7-11(12)13)10-5-3-4-6-10/h9-10H,3-8H2,1-2H3,(H3,12,13). The van der Waals surface area contributed by atoms with Crippen LogP contribution >= 0.6 is 0 Å². The minimum atomic E-state index is 0.314. The van der Waals surface area contributed by atoms with Gasteiger partial charge in [0.1, 0.15) is 0 Å². The maximum Gasteiger partial charge on any atom is 0.0918 e. The summed E-state index contributed by atoms with van der Waals surface area (Å²) >= 11 is 0. The summed E-state index contributed by atoms with van der Waals surface area (Å²) in [6.45, 7) is 5.43. The molecule has 3 heteroatoms. The van der Waals surface area contributed by atoms with Gasteiger partial charge in [0.2, 0.25) is 0 Å². The quantitative estimate of drug-likeness (QED) is 0.523. The molecule has 0 unspecified atom stereocenters. The first-order valence-electron chi connectivity index (χ1n) is 5.70. The Morgan fingerprint density at radius 2 is 2.00 bits per heavy atom. The summed E-state index contributed by atoms with van der Waals surface area (Å²) in [5.74, 6) is 0.314. The number of nitrogens with zero attached hydrogens (tertiary/aromatic N) is 1. The van der Waals surface area contributed by atoms with E-state index in [0.29, 0.717) is 18.3 Å². The molecule has 0 radical (unpaired) electrons. The minimum absolute atomic E-state index is 0.314. The third-order valence-corrected chi connectivity index (χ3v) is 3.10. The first-order chi connectivity index (χ1) is 6.61. The number of nitrogens with one attached hydrogen (secondary N) is 1. The molecule has 0 bridgehead atoms. The molecule has 3 N–H and O–H groups in total. The molecule has 0 amide bonds. The lowest BCUT2D eigenvalue weighted by molar-refractivity contribution is 0.160. The van der Waals surface area contributed by atoms with E-state index in [-0.39, 0.29) is 0 Å². The fourth-order valence-electron chi connectivity index (χ4n) is 2.35. The monoisotopic (exact) mass is 197 g/mol. The van der Waals surface area contributed by atoms with Crippen molar-refractivity contribution in [2.75, 3.05) is 6.54 Å². The van der Waals surface area contributed by atoms with Crippen LogP contribution in [0, 0.1) is 5.41 Å². The van der Waals surface area contributed by atoms with E-state index in [0.717, 1.165) is 12.6 Å². The highest BCUT2D eigenvalue weighted by Crippen LogP contribution is 2.25. The van der Waals surface area contributed by atoms with Crippen LogP contribution in [0.1, 0.15) is 46.0 Å². The van der Waals surface area contributed by atoms with E-state index in [1.807, 2.05) is 0 Å². The van der Waals surface area contributed by atoms with Gasteiger partial charge >= 0.3 is 0 Å². The van der Waals surface area contributed by atoms with Crippen LogP contribution in [0.15, 0.2) is 0 Å². The van der Waals surface area contributed by atoms with E-state index in [1.54, 1.807) is 0 Å². The van der Waals surface area contributed by atoms with Gasteiger partial charge in [-0.15, -0.1) is 0 Å². The second kappa shape index (κ2) is 5.35. The van der Waals surface area contributed by atoms with E-state index in [9.17, 15) is 0 Å². The third-order valence-electron chi connectivity index (χ3n) is 3.10. The van der Waals surface area contributed by atoms with E-state index in [4.69, 9.17) is 11.1 Å². The SMILES string of the molecule is CC(C)N(CCC(=N)N)C1CCCC1. The van der Waals surface area contributed by atoms with E-state index in [1.165, 1.54) is 25.7 Å². The van der Waals surface area contributed by atoms with Crippen LogP contribution in [-0.4, -0.2) is 29.4 Å². The minimum Gasteiger partial charge on any atom is -0.388 e. The summed E-state index contributed by atoms with van der Waals surface area (Å²) in [4.78, 5) is 2.51. The normalized spacial score (nSPS) is 18.3. The Kier molecular flexibility index (Phi) is 4.39. The van der Waals surface area contributed by atoms with E-state index < -0.39 is 0 Å². The molecule has 0 aromatic carbocycles. The average Bonchev–Trinajstić information content (AvgIpc) is 2.56. The summed E-state index contributed by atoms with van der Waals surface area (Å²) in [5.41, 5.74) is 5.40. The van der Waals surface area contributed by atoms with Crippen molar-refractivity contribution in [3.8, 4) is 0 Å². The number of amidine groups is 1. The van der Waals surface area contributed by atoms with Gasteiger partial charge in [0.05, 0.1) is 5.84 Å². The van der Waals surface area contributed by atoms with Gasteiger partial charge in [-0.2, -0.15) is 0 Å². The summed E-state index contributed by atoms with van der Waals surface area (Å²) in [6.07, 6.45) is 6.11. The van der Waals surface area contributed by atoms with Crippen molar-refractivity contribution in [1.29, 1.82) is 5.41 Å². The lowest BCUT2D eigenvalue weighted by atomic mass is 10.1. The lowest BCUT2D eigenvalue weighted by Gasteiger charge is -2.32. The molecule has 0 aromatic rings. The van der Waals surface area contributed by atoms with Crippen LogP contribution < -0.4 is 5.73 Å². The molecule has 1 saturated carbocycles. The van der Waals surface area contributed by atoms with Crippen molar-refractivity contribution in [3.63, 3.8) is 0 Å². The zero-order chi connectivity index (χ0) is 10.6. The lowest BCUT2D eigenvalue weighted by Crippen LogP contribution is -2.40. The number of hydrogen-bond donors (Lipinski definition) is 2. The van der Waals surface area contributed by atoms with Crippen LogP contribution in [0.25, 0.3) is 0 Å². The Morgan fingerprint density at radius 1 is 1.43 bits per heavy atom. The van der Waals surface area contributed by atoms with Crippen molar-refractivity contribution >= 4 is 5.84 Å². The highest BCUT2D eigenvalue weighted by molar-refractivity contribution is 5.76. The van der Waals surface area contributed by atoms with Crippen LogP contribution in [0.5, 0.6) is 0 Å². The van der Waals surface area contributed by atoms with E-state index >= 15 is 0 Å². The Balaban J connectivity index is 2.41. The topological polar surface area (TPSA) is 53.1 Å². The van der Waals surface area contributed by atoms with Gasteiger partial charge < -0.3 is 5.73 Å². The summed E-state index contributed by atoms with van der Waals surface area (Å²) in [5, 5.41) is 7.25. The maximum absolute atomic E-state index is 7.25. The van der Waals surface area contributed by atoms with Crippen molar-refractivity contribution < 1.29 is 0 Å². The van der Waals surface area contributed by atoms with Gasteiger partial charge in [-0.3, -0.25) is 10.3 Å². The van der Waals surface area contributed by atoms with Gasteiger partial charge in [0, 0.05) is 25.0 Å². The second-order valence-corrected chi connectivity index (χ2v) is 4.55. The molecule has 3 nitrogen and oxygen atoms in total. The Labute approximate surface area is 87.2 Å². The molecule has 0 saturated heterocycles. The van der Waals surface area contributed by atoms with Crippen molar-refractivity contribution in [1.82, 2.24) is 4.90 Å². The van der Waals surface area contributed by atoms with E-state index in [2.05, 4.69) is 18.7 Å². The third kappa shape index (κ3) is 3.29. The van der Waals surface area contributed by atoms with Crippen LogP contribution in [0.3, 0.4) is 0 Å². The van der Waals surface area contributed by atoms with Gasteiger partial charge in [-0.25, -0.2) is 0 Å². The Bertz CT molecular complexity index is 183. The predicted molar refractivity (Wildman–Crippen MR) is 60.6 cm³/mol. The maximum atomic E-state index is 7.25. The molecule has 0 spiro atoms. The Morgan fingerprint density at radius 3 is 2.43 bits per heavy atom. The molecule has 0 atom stereocenters. The molecule has 82 valence electrons. The average molecular weight is 197 g/mol. The predicted octanol–water partition coefficient (Wildman–Crippen LogP) is 1.97. The summed E-state index contributed by atoms with van der Waals surface area (Å²) < 4.78 is 0. The molecular weight excluding hydrogens is 174 g/mol. The van der Waals surface area contributed by atoms with Crippen LogP contribution in [0.2, 0.25) is 0 Å². The van der Waals surface area contributed by atoms with Gasteiger partial charge in [-0.1, -0.05) is 12.8 Å². The highest BCUT2D eigenvalue weighted by Gasteiger charge is 2.23. The molecule has 1 aliphatic rings. The fourth-order valence-corrected chi connectivity index (χ4v) is 2.35. The molecule has 0 heterocycles. The molecular formula is C11H23N3. The molecule has 0 aromatic heterocycles. The zero-order valence-corrected chi connectivity index (χ0v) is 9.42. The van der Waals surface area contributed by atoms with Crippen molar-refractivity contribution in [2.24, 2.45) is 5.73 Å². The highest BCUT2D eigenvalue weighted by atomic mass is 15.2. The van der Waals surface area contributed by atoms with Crippen LogP contribution in [0.4, 0.5) is 0 Å². The van der Waals surface area contributed by atoms with Crippen molar-refractivity contribution in [2.45, 2.75) is 58.0 Å². The number of hydrogen-bond acceptors (Lipinski definition) is 2. The summed E-state index contributed by atoms with van der Waals surface area (Å²) in [7, 11) is 0. The van der Waals surface area contributed by atoms with Gasteiger partial charge in [0.25, 0.3) is 0 Å². The molecule has 1 rings (SSSR count). The Hall–Kier alpha value is -0.570. The number of nitrogens with two attached hydrogens (primary N) is 1. The molecule has 14 heavy (non-hydrogen) atoms. The smallest absolute Gasteiger partial charge is 0.0918 e. The molecule has 1 aliphatic carbocycles. The molecule has 0 aliphatic heterocycles. The first-order valence-corrected chi connectivity index (χ1v) is 5.70. The van der Waals surface area contributed by atoms with Gasteiger partial charge in [-0.05, 0) is 26.7 Å². The fraction of sp³-hybridized carbons (Fsp3) is 0.909. The van der Waals surface area contributed by atoms with Crippen LogP contribution in [-0.2, 0) is 0 Å². The zero-order valence-electron chi connectivity index (χ0n) is 9.42. The summed E-state index contributed by atoms with van der Waals surface area (Å²) in [6, 6.07) is 1.33. The van der Waals surface area contributed by atoms with Gasteiger partial charge in [0.15, 0.2) is 0 Å². The van der Waals surface area contributed by atoms with Crippen molar-refractivity contribution in [3.05, 3.63) is 0 Å². The number of rotatable bonds is 5. The first kappa shape index (κ1) is 11.5. The largest absolute Gasteiger partial charge is 0.388 e. The molecule has 1 fully saturated rings.